The van der Waals surface area contributed by atoms with Crippen molar-refractivity contribution in [1.82, 2.24) is 0 Å². The first-order valence-corrected chi connectivity index (χ1v) is 10.5. The molecule has 31 heavy (non-hydrogen) atoms. The van der Waals surface area contributed by atoms with E-state index in [0.717, 1.165) is 18.2 Å². The highest BCUT2D eigenvalue weighted by molar-refractivity contribution is 7.92. The molecule has 0 aromatic heterocycles. The van der Waals surface area contributed by atoms with Crippen molar-refractivity contribution in [2.45, 2.75) is 11.1 Å². The Hall–Kier alpha value is -3.24. The highest BCUT2D eigenvalue weighted by Crippen LogP contribution is 2.38. The summed E-state index contributed by atoms with van der Waals surface area (Å²) in [4.78, 5) is 12.0. The van der Waals surface area contributed by atoms with Crippen LogP contribution in [0.2, 0.25) is 5.02 Å². The maximum Gasteiger partial charge on any atom is 0.416 e. The maximum absolute atomic E-state index is 12.9. The van der Waals surface area contributed by atoms with Gasteiger partial charge >= 0.3 is 6.18 Å². The molecule has 0 saturated heterocycles. The summed E-state index contributed by atoms with van der Waals surface area (Å²) in [6.07, 6.45) is -4.69. The molecule has 0 bridgehead atoms. The summed E-state index contributed by atoms with van der Waals surface area (Å²) in [6.45, 7) is 0. The fourth-order valence-electron chi connectivity index (χ4n) is 2.91. The largest absolute Gasteiger partial charge is 0.454 e. The molecule has 6 nitrogen and oxygen atoms in total. The molecule has 2 N–H and O–H groups in total. The second-order valence-corrected chi connectivity index (χ2v) is 8.66. The fraction of sp³-hybridized carbons (Fsp3) is 0.0500. The van der Waals surface area contributed by atoms with E-state index >= 15 is 0 Å². The minimum Gasteiger partial charge on any atom is -0.454 e. The Kier molecular flexibility index (Phi) is 5.06. The SMILES string of the molecule is O=C1Nc2cc(Cl)ccc2Oc2ccc(NS(=O)(=O)c3cccc(C(F)(F)F)c3)cc21. The molecule has 0 unspecified atom stereocenters. The lowest BCUT2D eigenvalue weighted by Crippen LogP contribution is -2.16. The van der Waals surface area contributed by atoms with Crippen LogP contribution in [-0.4, -0.2) is 14.3 Å². The van der Waals surface area contributed by atoms with Gasteiger partial charge in [-0.1, -0.05) is 17.7 Å². The number of hydrogen-bond acceptors (Lipinski definition) is 4. The van der Waals surface area contributed by atoms with Crippen LogP contribution in [0.15, 0.2) is 65.6 Å². The van der Waals surface area contributed by atoms with Crippen LogP contribution in [0.5, 0.6) is 11.5 Å². The van der Waals surface area contributed by atoms with Crippen LogP contribution < -0.4 is 14.8 Å². The van der Waals surface area contributed by atoms with Crippen LogP contribution in [-0.2, 0) is 16.2 Å². The monoisotopic (exact) mass is 468 g/mol. The summed E-state index contributed by atoms with van der Waals surface area (Å²) in [6, 6.07) is 11.9. The van der Waals surface area contributed by atoms with E-state index in [1.165, 1.54) is 24.3 Å². The van der Waals surface area contributed by atoms with Crippen molar-refractivity contribution < 1.29 is 31.1 Å². The third-order valence-corrected chi connectivity index (χ3v) is 5.97. The second-order valence-electron chi connectivity index (χ2n) is 6.54. The van der Waals surface area contributed by atoms with E-state index in [2.05, 4.69) is 10.0 Å². The first-order chi connectivity index (χ1) is 14.5. The van der Waals surface area contributed by atoms with E-state index in [0.29, 0.717) is 22.5 Å². The van der Waals surface area contributed by atoms with Gasteiger partial charge in [0.15, 0.2) is 5.75 Å². The van der Waals surface area contributed by atoms with Gasteiger partial charge in [0, 0.05) is 10.7 Å². The first kappa shape index (κ1) is 21.0. The van der Waals surface area contributed by atoms with E-state index < -0.39 is 32.6 Å². The standard InChI is InChI=1S/C20H12ClF3N2O4S/c21-12-4-6-18-16(9-12)25-19(27)15-10-13(5-7-17(15)30-18)26-31(28,29)14-3-1-2-11(8-14)20(22,23)24/h1-10,26H,(H,25,27). The van der Waals surface area contributed by atoms with E-state index in [1.54, 1.807) is 12.1 Å². The van der Waals surface area contributed by atoms with Gasteiger partial charge in [-0.3, -0.25) is 9.52 Å². The third kappa shape index (κ3) is 4.30. The fourth-order valence-corrected chi connectivity index (χ4v) is 4.18. The van der Waals surface area contributed by atoms with Gasteiger partial charge in [0.05, 0.1) is 21.7 Å². The van der Waals surface area contributed by atoms with Gasteiger partial charge in [0.25, 0.3) is 15.9 Å². The number of amides is 1. The molecule has 11 heteroatoms. The Morgan fingerprint density at radius 1 is 0.968 bits per heavy atom. The number of carbonyl (C=O) groups is 1. The second kappa shape index (κ2) is 7.47. The van der Waals surface area contributed by atoms with Gasteiger partial charge in [0.2, 0.25) is 0 Å². The average Bonchev–Trinajstić information content (AvgIpc) is 2.83. The van der Waals surface area contributed by atoms with Crippen LogP contribution >= 0.6 is 11.6 Å². The van der Waals surface area contributed by atoms with Gasteiger partial charge in [-0.05, 0) is 54.6 Å². The van der Waals surface area contributed by atoms with Gasteiger partial charge in [-0.15, -0.1) is 0 Å². The molecule has 1 aliphatic heterocycles. The van der Waals surface area contributed by atoms with Crippen LogP contribution in [0.3, 0.4) is 0 Å². The normalized spacial score (nSPS) is 13.4. The number of ether oxygens (including phenoxy) is 1. The molecule has 0 fully saturated rings. The number of carbonyl (C=O) groups excluding carboxylic acids is 1. The smallest absolute Gasteiger partial charge is 0.416 e. The van der Waals surface area contributed by atoms with E-state index in [9.17, 15) is 26.4 Å². The number of benzene rings is 3. The Balaban J connectivity index is 1.65. The quantitative estimate of drug-likeness (QED) is 0.530. The van der Waals surface area contributed by atoms with Crippen molar-refractivity contribution in [2.24, 2.45) is 0 Å². The molecule has 0 saturated carbocycles. The molecule has 1 heterocycles. The highest BCUT2D eigenvalue weighted by Gasteiger charge is 2.32. The van der Waals surface area contributed by atoms with Crippen molar-refractivity contribution in [3.63, 3.8) is 0 Å². The summed E-state index contributed by atoms with van der Waals surface area (Å²) < 4.78 is 71.8. The Bertz CT molecular complexity index is 1310. The van der Waals surface area contributed by atoms with Crippen molar-refractivity contribution in [3.05, 3.63) is 76.8 Å². The zero-order valence-electron chi connectivity index (χ0n) is 15.3. The van der Waals surface area contributed by atoms with Gasteiger partial charge < -0.3 is 10.1 Å². The number of anilines is 2. The van der Waals surface area contributed by atoms with Crippen molar-refractivity contribution >= 4 is 38.9 Å². The van der Waals surface area contributed by atoms with E-state index in [-0.39, 0.29) is 17.0 Å². The molecule has 4 rings (SSSR count). The molecule has 3 aromatic carbocycles. The number of halogens is 4. The zero-order chi connectivity index (χ0) is 22.4. The van der Waals surface area contributed by atoms with E-state index in [1.807, 2.05) is 0 Å². The Labute approximate surface area is 179 Å². The molecule has 0 radical (unpaired) electrons. The summed E-state index contributed by atoms with van der Waals surface area (Å²) in [5.41, 5.74) is -0.767. The molecule has 160 valence electrons. The number of sulfonamides is 1. The lowest BCUT2D eigenvalue weighted by atomic mass is 10.1. The van der Waals surface area contributed by atoms with Crippen LogP contribution in [0, 0.1) is 0 Å². The Morgan fingerprint density at radius 3 is 2.45 bits per heavy atom. The van der Waals surface area contributed by atoms with Gasteiger partial charge in [0.1, 0.15) is 5.75 Å². The first-order valence-electron chi connectivity index (χ1n) is 8.66. The number of alkyl halides is 3. The highest BCUT2D eigenvalue weighted by atomic mass is 35.5. The molecular formula is C20H12ClF3N2O4S. The van der Waals surface area contributed by atoms with Crippen molar-refractivity contribution in [3.8, 4) is 11.5 Å². The maximum atomic E-state index is 12.9. The van der Waals surface area contributed by atoms with Gasteiger partial charge in [-0.25, -0.2) is 8.42 Å². The molecule has 1 amide bonds. The topological polar surface area (TPSA) is 84.5 Å². The average molecular weight is 469 g/mol. The number of rotatable bonds is 3. The summed E-state index contributed by atoms with van der Waals surface area (Å²) in [5, 5.41) is 2.99. The third-order valence-electron chi connectivity index (χ3n) is 4.36. The minimum atomic E-state index is -4.69. The van der Waals surface area contributed by atoms with Crippen molar-refractivity contribution in [1.29, 1.82) is 0 Å². The number of nitrogens with one attached hydrogen (secondary N) is 2. The summed E-state index contributed by atoms with van der Waals surface area (Å²) in [7, 11) is -4.35. The van der Waals surface area contributed by atoms with Crippen molar-refractivity contribution in [2.75, 3.05) is 10.0 Å². The van der Waals surface area contributed by atoms with Crippen LogP contribution in [0.25, 0.3) is 0 Å². The number of hydrogen-bond donors (Lipinski definition) is 2. The summed E-state index contributed by atoms with van der Waals surface area (Å²) in [5.74, 6) is -0.0643. The summed E-state index contributed by atoms with van der Waals surface area (Å²) >= 11 is 5.93. The predicted molar refractivity (Wildman–Crippen MR) is 108 cm³/mol. The molecule has 1 aliphatic rings. The molecule has 0 spiro atoms. The van der Waals surface area contributed by atoms with E-state index in [4.69, 9.17) is 16.3 Å². The lowest BCUT2D eigenvalue weighted by molar-refractivity contribution is -0.137. The number of fused-ring (bicyclic) bond motifs is 2. The molecule has 3 aromatic rings. The van der Waals surface area contributed by atoms with Crippen LogP contribution in [0.4, 0.5) is 24.5 Å². The Morgan fingerprint density at radius 2 is 1.71 bits per heavy atom. The molecular weight excluding hydrogens is 457 g/mol. The minimum absolute atomic E-state index is 0.0246. The van der Waals surface area contributed by atoms with Gasteiger partial charge in [-0.2, -0.15) is 13.2 Å². The molecule has 0 atom stereocenters. The van der Waals surface area contributed by atoms with Crippen LogP contribution in [0.1, 0.15) is 15.9 Å². The zero-order valence-corrected chi connectivity index (χ0v) is 16.9. The molecule has 0 aliphatic carbocycles. The predicted octanol–water partition coefficient (Wildman–Crippen LogP) is 5.52. The lowest BCUT2D eigenvalue weighted by Gasteiger charge is -2.12.